The van der Waals surface area contributed by atoms with Crippen LogP contribution in [-0.2, 0) is 9.59 Å². The molecule has 1 saturated carbocycles. The predicted molar refractivity (Wildman–Crippen MR) is 60.2 cm³/mol. The molecule has 0 heterocycles. The molecule has 1 amide bonds. The summed E-state index contributed by atoms with van der Waals surface area (Å²) in [6, 6.07) is -2.02. The van der Waals surface area contributed by atoms with E-state index < -0.39 is 43.1 Å². The monoisotopic (exact) mass is 282 g/mol. The van der Waals surface area contributed by atoms with Gasteiger partial charge in [0, 0.05) is 6.04 Å². The summed E-state index contributed by atoms with van der Waals surface area (Å²) in [5, 5.41) is 8.53. The van der Waals surface area contributed by atoms with Gasteiger partial charge in [-0.3, -0.25) is 9.59 Å². The third-order valence-corrected chi connectivity index (χ3v) is 3.14. The zero-order valence-corrected chi connectivity index (χ0v) is 10.5. The van der Waals surface area contributed by atoms with Crippen LogP contribution in [0.2, 0.25) is 0 Å². The summed E-state index contributed by atoms with van der Waals surface area (Å²) in [6.45, 7) is 0.144. The molecule has 5 nitrogen and oxygen atoms in total. The maximum atomic E-state index is 12.5. The van der Waals surface area contributed by atoms with Gasteiger partial charge in [0.1, 0.15) is 6.54 Å². The van der Waals surface area contributed by atoms with Crippen molar-refractivity contribution in [2.45, 2.75) is 44.4 Å². The van der Waals surface area contributed by atoms with Crippen LogP contribution in [0.25, 0.3) is 0 Å². The highest BCUT2D eigenvalue weighted by Crippen LogP contribution is 2.36. The lowest BCUT2D eigenvalue weighted by Gasteiger charge is -2.32. The second-order valence-corrected chi connectivity index (χ2v) is 4.86. The van der Waals surface area contributed by atoms with Gasteiger partial charge in [-0.2, -0.15) is 13.2 Å². The van der Waals surface area contributed by atoms with Crippen LogP contribution in [0, 0.1) is 5.92 Å². The Bertz CT molecular complexity index is 356. The van der Waals surface area contributed by atoms with Gasteiger partial charge in [-0.05, 0) is 25.7 Å². The Balaban J connectivity index is 2.76. The molecule has 8 heteroatoms. The number of carbonyl (C=O) groups excluding carboxylic acids is 1. The van der Waals surface area contributed by atoms with Crippen LogP contribution in [0.15, 0.2) is 0 Å². The molecule has 0 aromatic heterocycles. The normalized spacial score (nSPS) is 18.8. The molecule has 1 aliphatic carbocycles. The number of amides is 1. The maximum Gasteiger partial charge on any atom is 0.406 e. The zero-order chi connectivity index (χ0) is 14.8. The molecule has 1 fully saturated rings. The zero-order valence-electron chi connectivity index (χ0n) is 10.5. The molecular formula is C11H17F3N2O3. The molecule has 3 N–H and O–H groups in total. The van der Waals surface area contributed by atoms with Gasteiger partial charge in [0.2, 0.25) is 5.91 Å². The molecule has 0 radical (unpaired) electrons. The molecule has 1 aliphatic rings. The molecule has 0 bridgehead atoms. The van der Waals surface area contributed by atoms with Crippen molar-refractivity contribution in [3.8, 4) is 0 Å². The van der Waals surface area contributed by atoms with Crippen molar-refractivity contribution in [3.05, 3.63) is 0 Å². The Hall–Kier alpha value is -1.31. The molecule has 2 atom stereocenters. The highest BCUT2D eigenvalue weighted by atomic mass is 19.4. The summed E-state index contributed by atoms with van der Waals surface area (Å²) < 4.78 is 37.5. The van der Waals surface area contributed by atoms with Crippen molar-refractivity contribution in [1.29, 1.82) is 0 Å². The second kappa shape index (κ2) is 5.77. The minimum absolute atomic E-state index is 0.0447. The molecule has 0 aromatic carbocycles. The Morgan fingerprint density at radius 1 is 1.42 bits per heavy atom. The van der Waals surface area contributed by atoms with Crippen molar-refractivity contribution in [2.75, 3.05) is 6.54 Å². The van der Waals surface area contributed by atoms with Crippen LogP contribution in [0.5, 0.6) is 0 Å². The van der Waals surface area contributed by atoms with Crippen LogP contribution in [-0.4, -0.2) is 46.7 Å². The number of halogens is 3. The van der Waals surface area contributed by atoms with E-state index >= 15 is 0 Å². The van der Waals surface area contributed by atoms with Crippen LogP contribution in [0.3, 0.4) is 0 Å². The molecule has 2 unspecified atom stereocenters. The largest absolute Gasteiger partial charge is 0.481 e. The number of nitrogens with zero attached hydrogens (tertiary/aromatic N) is 1. The number of aliphatic carboxylic acids is 1. The summed E-state index contributed by atoms with van der Waals surface area (Å²) >= 11 is 0. The van der Waals surface area contributed by atoms with Crippen LogP contribution in [0.1, 0.15) is 26.2 Å². The highest BCUT2D eigenvalue weighted by molar-refractivity contribution is 5.86. The van der Waals surface area contributed by atoms with Crippen molar-refractivity contribution in [3.63, 3.8) is 0 Å². The highest BCUT2D eigenvalue weighted by Gasteiger charge is 2.41. The summed E-state index contributed by atoms with van der Waals surface area (Å²) in [7, 11) is 0. The van der Waals surface area contributed by atoms with Gasteiger partial charge < -0.3 is 15.7 Å². The topological polar surface area (TPSA) is 83.6 Å². The van der Waals surface area contributed by atoms with Gasteiger partial charge >= 0.3 is 12.1 Å². The molecule has 0 saturated heterocycles. The molecule has 0 aliphatic heterocycles. The third-order valence-electron chi connectivity index (χ3n) is 3.14. The number of hydrogen-bond acceptors (Lipinski definition) is 3. The van der Waals surface area contributed by atoms with Crippen molar-refractivity contribution >= 4 is 11.9 Å². The van der Waals surface area contributed by atoms with Gasteiger partial charge in [0.25, 0.3) is 0 Å². The summed E-state index contributed by atoms with van der Waals surface area (Å²) in [4.78, 5) is 23.0. The number of rotatable bonds is 6. The summed E-state index contributed by atoms with van der Waals surface area (Å²) in [5.41, 5.74) is 5.36. The summed E-state index contributed by atoms with van der Waals surface area (Å²) in [5.74, 6) is -2.23. The van der Waals surface area contributed by atoms with E-state index in [0.717, 1.165) is 12.8 Å². The number of carboxylic acid groups (broad SMARTS) is 1. The predicted octanol–water partition coefficient (Wildman–Crippen LogP) is 0.978. The van der Waals surface area contributed by atoms with Gasteiger partial charge in [0.05, 0.1) is 12.5 Å². The first-order chi connectivity index (χ1) is 8.61. The van der Waals surface area contributed by atoms with Crippen molar-refractivity contribution < 1.29 is 27.9 Å². The minimum atomic E-state index is -4.53. The smallest absolute Gasteiger partial charge is 0.406 e. The van der Waals surface area contributed by atoms with E-state index in [2.05, 4.69) is 0 Å². The first-order valence-corrected chi connectivity index (χ1v) is 5.96. The quantitative estimate of drug-likeness (QED) is 0.760. The van der Waals surface area contributed by atoms with E-state index in [9.17, 15) is 22.8 Å². The Morgan fingerprint density at radius 2 is 1.95 bits per heavy atom. The number of carbonyl (C=O) groups is 2. The Morgan fingerprint density at radius 3 is 2.32 bits per heavy atom. The van der Waals surface area contributed by atoms with E-state index in [4.69, 9.17) is 10.8 Å². The number of nitrogens with two attached hydrogens (primary N) is 1. The fraction of sp³-hybridized carbons (Fsp3) is 0.818. The average Bonchev–Trinajstić information content (AvgIpc) is 3.05. The van der Waals surface area contributed by atoms with Gasteiger partial charge in [-0.15, -0.1) is 0 Å². The third kappa shape index (κ3) is 5.06. The average molecular weight is 282 g/mol. The molecule has 0 aromatic rings. The van der Waals surface area contributed by atoms with E-state index in [1.165, 1.54) is 6.92 Å². The number of hydrogen-bond donors (Lipinski definition) is 2. The van der Waals surface area contributed by atoms with E-state index in [-0.39, 0.29) is 5.92 Å². The summed E-state index contributed by atoms with van der Waals surface area (Å²) in [6.07, 6.45) is -3.65. The Labute approximate surface area is 108 Å². The van der Waals surface area contributed by atoms with Crippen LogP contribution >= 0.6 is 0 Å². The molecule has 19 heavy (non-hydrogen) atoms. The first kappa shape index (κ1) is 15.7. The fourth-order valence-electron chi connectivity index (χ4n) is 1.94. The van der Waals surface area contributed by atoms with E-state index in [0.29, 0.717) is 4.90 Å². The van der Waals surface area contributed by atoms with E-state index in [1.54, 1.807) is 0 Å². The lowest BCUT2D eigenvalue weighted by molar-refractivity contribution is -0.167. The van der Waals surface area contributed by atoms with Gasteiger partial charge in [-0.25, -0.2) is 0 Å². The molecule has 110 valence electrons. The minimum Gasteiger partial charge on any atom is -0.481 e. The fourth-order valence-corrected chi connectivity index (χ4v) is 1.94. The Kier molecular flexibility index (Phi) is 4.78. The molecule has 0 spiro atoms. The van der Waals surface area contributed by atoms with Crippen LogP contribution < -0.4 is 5.73 Å². The molecular weight excluding hydrogens is 265 g/mol. The number of carboxylic acids is 1. The van der Waals surface area contributed by atoms with Crippen molar-refractivity contribution in [2.24, 2.45) is 11.7 Å². The second-order valence-electron chi connectivity index (χ2n) is 4.86. The van der Waals surface area contributed by atoms with Crippen LogP contribution in [0.4, 0.5) is 13.2 Å². The van der Waals surface area contributed by atoms with Crippen molar-refractivity contribution in [1.82, 2.24) is 4.90 Å². The first-order valence-electron chi connectivity index (χ1n) is 5.96. The van der Waals surface area contributed by atoms with Gasteiger partial charge in [-0.1, -0.05) is 0 Å². The van der Waals surface area contributed by atoms with E-state index in [1.807, 2.05) is 0 Å². The number of alkyl halides is 3. The maximum absolute atomic E-state index is 12.5. The lowest BCUT2D eigenvalue weighted by atomic mass is 10.1. The lowest BCUT2D eigenvalue weighted by Crippen LogP contribution is -2.52. The SMILES string of the molecule is CC(C1CC1)N(CC(F)(F)F)C(=O)C(N)CC(=O)O. The molecule has 1 rings (SSSR count). The van der Waals surface area contributed by atoms with Gasteiger partial charge in [0.15, 0.2) is 0 Å². The standard InChI is InChI=1S/C11H17F3N2O3/c1-6(7-2-3-7)16(5-11(12,13)14)10(19)8(15)4-9(17)18/h6-8H,2-5,15H2,1H3,(H,17,18).